The molecule has 1 aliphatic heterocycles. The highest BCUT2D eigenvalue weighted by Gasteiger charge is 2.13. The lowest BCUT2D eigenvalue weighted by atomic mass is 10.1. The molecule has 2 rings (SSSR count). The zero-order valence-electron chi connectivity index (χ0n) is 12.3. The molecule has 0 spiro atoms. The number of thioether (sulfide) groups is 1. The number of halogens is 3. The van der Waals surface area contributed by atoms with E-state index in [9.17, 15) is 8.78 Å². The van der Waals surface area contributed by atoms with Crippen LogP contribution in [0.2, 0.25) is 0 Å². The number of benzene rings is 1. The van der Waals surface area contributed by atoms with Gasteiger partial charge >= 0.3 is 6.61 Å². The molecule has 1 fully saturated rings. The lowest BCUT2D eigenvalue weighted by Gasteiger charge is -2.27. The second kappa shape index (κ2) is 9.39. The molecular formula is C14H20F2IN3OS. The van der Waals surface area contributed by atoms with Crippen molar-refractivity contribution in [1.29, 1.82) is 0 Å². The second-order valence-corrected chi connectivity index (χ2v) is 5.99. The van der Waals surface area contributed by atoms with Gasteiger partial charge in [-0.1, -0.05) is 17.7 Å². The minimum absolute atomic E-state index is 0. The van der Waals surface area contributed by atoms with Crippen LogP contribution in [0, 0.1) is 6.92 Å². The molecule has 1 heterocycles. The van der Waals surface area contributed by atoms with Crippen LogP contribution in [0.3, 0.4) is 0 Å². The summed E-state index contributed by atoms with van der Waals surface area (Å²) in [6.07, 6.45) is 0. The van der Waals surface area contributed by atoms with Gasteiger partial charge < -0.3 is 15.4 Å². The Labute approximate surface area is 150 Å². The first-order valence-corrected chi connectivity index (χ1v) is 7.88. The van der Waals surface area contributed by atoms with E-state index in [0.717, 1.165) is 30.2 Å². The number of nitrogens with zero attached hydrogens (tertiary/aromatic N) is 2. The van der Waals surface area contributed by atoms with Crippen molar-refractivity contribution in [3.63, 3.8) is 0 Å². The first kappa shape index (κ1) is 19.3. The van der Waals surface area contributed by atoms with Gasteiger partial charge in [-0.25, -0.2) is 4.99 Å². The number of hydrogen-bond donors (Lipinski definition) is 1. The van der Waals surface area contributed by atoms with E-state index in [4.69, 9.17) is 5.73 Å². The van der Waals surface area contributed by atoms with Crippen LogP contribution in [0.5, 0.6) is 5.75 Å². The number of aliphatic imine (C=N–C) groups is 1. The van der Waals surface area contributed by atoms with Gasteiger partial charge in [0.25, 0.3) is 0 Å². The molecule has 1 aromatic carbocycles. The minimum Gasteiger partial charge on any atom is -0.434 e. The average molecular weight is 443 g/mol. The Morgan fingerprint density at radius 1 is 1.41 bits per heavy atom. The molecule has 0 atom stereocenters. The van der Waals surface area contributed by atoms with Gasteiger partial charge in [-0.15, -0.1) is 24.0 Å². The second-order valence-electron chi connectivity index (χ2n) is 4.76. The summed E-state index contributed by atoms with van der Waals surface area (Å²) in [5, 5.41) is 0. The number of nitrogens with two attached hydrogens (primary N) is 1. The van der Waals surface area contributed by atoms with Crippen molar-refractivity contribution in [3.05, 3.63) is 29.3 Å². The Balaban J connectivity index is 0.00000242. The van der Waals surface area contributed by atoms with Crippen LogP contribution in [0.1, 0.15) is 11.1 Å². The third-order valence-electron chi connectivity index (χ3n) is 3.18. The van der Waals surface area contributed by atoms with Crippen LogP contribution in [-0.2, 0) is 6.54 Å². The third kappa shape index (κ3) is 5.79. The molecule has 0 unspecified atom stereocenters. The molecule has 0 aliphatic carbocycles. The number of guanidine groups is 1. The highest BCUT2D eigenvalue weighted by molar-refractivity contribution is 14.0. The molecule has 0 bridgehead atoms. The maximum atomic E-state index is 12.4. The molecule has 0 amide bonds. The molecule has 0 saturated carbocycles. The van der Waals surface area contributed by atoms with E-state index in [-0.39, 0.29) is 36.3 Å². The summed E-state index contributed by atoms with van der Waals surface area (Å²) in [5.41, 5.74) is 7.55. The van der Waals surface area contributed by atoms with Crippen molar-refractivity contribution in [2.45, 2.75) is 20.1 Å². The third-order valence-corrected chi connectivity index (χ3v) is 4.12. The summed E-state index contributed by atoms with van der Waals surface area (Å²) in [6, 6.07) is 5.07. The summed E-state index contributed by atoms with van der Waals surface area (Å²) in [4.78, 5) is 6.33. The van der Waals surface area contributed by atoms with Crippen LogP contribution < -0.4 is 10.5 Å². The molecule has 1 saturated heterocycles. The van der Waals surface area contributed by atoms with Crippen molar-refractivity contribution < 1.29 is 13.5 Å². The fourth-order valence-electron chi connectivity index (χ4n) is 2.10. The lowest BCUT2D eigenvalue weighted by Crippen LogP contribution is -2.42. The van der Waals surface area contributed by atoms with E-state index in [1.54, 1.807) is 18.2 Å². The highest BCUT2D eigenvalue weighted by Crippen LogP contribution is 2.23. The predicted octanol–water partition coefficient (Wildman–Crippen LogP) is 3.08. The zero-order chi connectivity index (χ0) is 15.2. The van der Waals surface area contributed by atoms with Gasteiger partial charge in [0.1, 0.15) is 5.75 Å². The van der Waals surface area contributed by atoms with E-state index in [1.165, 1.54) is 0 Å². The topological polar surface area (TPSA) is 50.9 Å². The highest BCUT2D eigenvalue weighted by atomic mass is 127. The molecule has 124 valence electrons. The van der Waals surface area contributed by atoms with Crippen molar-refractivity contribution in [2.24, 2.45) is 10.7 Å². The van der Waals surface area contributed by atoms with Crippen LogP contribution in [0.15, 0.2) is 23.2 Å². The summed E-state index contributed by atoms with van der Waals surface area (Å²) in [7, 11) is 0. The largest absolute Gasteiger partial charge is 0.434 e. The fraction of sp³-hybridized carbons (Fsp3) is 0.500. The normalized spacial score (nSPS) is 15.6. The molecule has 2 N–H and O–H groups in total. The summed E-state index contributed by atoms with van der Waals surface area (Å²) >= 11 is 1.89. The quantitative estimate of drug-likeness (QED) is 0.442. The minimum atomic E-state index is -2.84. The van der Waals surface area contributed by atoms with Crippen LogP contribution >= 0.6 is 35.7 Å². The number of rotatable bonds is 4. The van der Waals surface area contributed by atoms with Crippen molar-refractivity contribution in [3.8, 4) is 5.75 Å². The fourth-order valence-corrected chi connectivity index (χ4v) is 3.00. The molecular weight excluding hydrogens is 423 g/mol. The van der Waals surface area contributed by atoms with Crippen LogP contribution in [0.25, 0.3) is 0 Å². The van der Waals surface area contributed by atoms with Gasteiger partial charge in [-0.05, 0) is 13.0 Å². The maximum Gasteiger partial charge on any atom is 0.387 e. The molecule has 0 radical (unpaired) electrons. The molecule has 1 aromatic rings. The monoisotopic (exact) mass is 443 g/mol. The first-order chi connectivity index (χ1) is 10.1. The lowest BCUT2D eigenvalue weighted by molar-refractivity contribution is -0.0504. The number of alkyl halides is 2. The smallest absolute Gasteiger partial charge is 0.387 e. The number of ether oxygens (including phenoxy) is 1. The zero-order valence-corrected chi connectivity index (χ0v) is 15.4. The van der Waals surface area contributed by atoms with E-state index in [2.05, 4.69) is 9.73 Å². The van der Waals surface area contributed by atoms with Crippen LogP contribution in [0.4, 0.5) is 8.78 Å². The van der Waals surface area contributed by atoms with Gasteiger partial charge in [-0.3, -0.25) is 0 Å². The van der Waals surface area contributed by atoms with Gasteiger partial charge in [0.2, 0.25) is 0 Å². The maximum absolute atomic E-state index is 12.4. The SMILES string of the molecule is Cc1ccc(OC(F)F)c(CN=C(N)N2CCSCC2)c1.I. The van der Waals surface area contributed by atoms with E-state index < -0.39 is 6.61 Å². The first-order valence-electron chi connectivity index (χ1n) is 6.73. The molecule has 4 nitrogen and oxygen atoms in total. The Morgan fingerprint density at radius 2 is 2.09 bits per heavy atom. The summed E-state index contributed by atoms with van der Waals surface area (Å²) in [5.74, 6) is 2.67. The molecule has 0 aromatic heterocycles. The molecule has 8 heteroatoms. The summed E-state index contributed by atoms with van der Waals surface area (Å²) in [6.45, 7) is 1.03. The van der Waals surface area contributed by atoms with Gasteiger partial charge in [0.05, 0.1) is 6.54 Å². The van der Waals surface area contributed by atoms with E-state index in [1.807, 2.05) is 23.6 Å². The Kier molecular flexibility index (Phi) is 8.23. The number of aryl methyl sites for hydroxylation is 1. The van der Waals surface area contributed by atoms with Crippen molar-refractivity contribution >= 4 is 41.7 Å². The Bertz CT molecular complexity index is 511. The molecule has 1 aliphatic rings. The Morgan fingerprint density at radius 3 is 2.73 bits per heavy atom. The van der Waals surface area contributed by atoms with E-state index >= 15 is 0 Å². The predicted molar refractivity (Wildman–Crippen MR) is 97.5 cm³/mol. The Hall–Kier alpha value is -0.770. The average Bonchev–Trinajstić information content (AvgIpc) is 2.47. The standard InChI is InChI=1S/C14H19F2N3OS.HI/c1-10-2-3-12(20-13(15)16)11(8-10)9-18-14(17)19-4-6-21-7-5-19;/h2-3,8,13H,4-7,9H2,1H3,(H2,17,18);1H. The van der Waals surface area contributed by atoms with Gasteiger partial charge in [-0.2, -0.15) is 20.5 Å². The number of hydrogen-bond acceptors (Lipinski definition) is 3. The van der Waals surface area contributed by atoms with Crippen molar-refractivity contribution in [2.75, 3.05) is 24.6 Å². The van der Waals surface area contributed by atoms with Crippen LogP contribution in [-0.4, -0.2) is 42.1 Å². The van der Waals surface area contributed by atoms with Gasteiger partial charge in [0, 0.05) is 30.2 Å². The molecule has 22 heavy (non-hydrogen) atoms. The summed E-state index contributed by atoms with van der Waals surface area (Å²) < 4.78 is 29.3. The van der Waals surface area contributed by atoms with E-state index in [0.29, 0.717) is 11.5 Å². The van der Waals surface area contributed by atoms with Gasteiger partial charge in [0.15, 0.2) is 5.96 Å². The van der Waals surface area contributed by atoms with Crippen molar-refractivity contribution in [1.82, 2.24) is 4.90 Å².